The lowest BCUT2D eigenvalue weighted by Crippen LogP contribution is -2.05. The maximum atomic E-state index is 5.56. The monoisotopic (exact) mass is 233 g/mol. The zero-order valence-electron chi connectivity index (χ0n) is 9.00. The van der Waals surface area contributed by atoms with Crippen LogP contribution in [0.4, 0.5) is 0 Å². The second-order valence-corrected chi connectivity index (χ2v) is 3.76. The largest absolute Gasteiger partial charge is 0.492 e. The van der Waals surface area contributed by atoms with E-state index in [0.717, 1.165) is 11.3 Å². The Hall–Kier alpha value is -1.92. The fourth-order valence-electron chi connectivity index (χ4n) is 1.92. The summed E-state index contributed by atoms with van der Waals surface area (Å²) in [7, 11) is 0. The molecule has 1 aliphatic rings. The molecule has 6 heteroatoms. The van der Waals surface area contributed by atoms with Crippen molar-refractivity contribution in [3.63, 3.8) is 0 Å². The van der Waals surface area contributed by atoms with Gasteiger partial charge in [-0.15, -0.1) is 0 Å². The van der Waals surface area contributed by atoms with Gasteiger partial charge in [-0.25, -0.2) is 5.90 Å². The van der Waals surface area contributed by atoms with Gasteiger partial charge in [0.15, 0.2) is 5.82 Å². The van der Waals surface area contributed by atoms with Gasteiger partial charge >= 0.3 is 0 Å². The molecule has 0 saturated heterocycles. The lowest BCUT2D eigenvalue weighted by atomic mass is 10.0. The van der Waals surface area contributed by atoms with E-state index in [1.807, 2.05) is 24.3 Å². The highest BCUT2D eigenvalue weighted by molar-refractivity contribution is 5.42. The molecule has 88 valence electrons. The highest BCUT2D eigenvalue weighted by atomic mass is 16.6. The van der Waals surface area contributed by atoms with Crippen molar-refractivity contribution < 1.29 is 14.1 Å². The molecular formula is C11H11N3O3. The van der Waals surface area contributed by atoms with Crippen molar-refractivity contribution in [1.29, 1.82) is 0 Å². The number of aromatic nitrogens is 2. The van der Waals surface area contributed by atoms with Gasteiger partial charge in [0.05, 0.1) is 5.92 Å². The third-order valence-corrected chi connectivity index (χ3v) is 2.70. The van der Waals surface area contributed by atoms with Crippen LogP contribution in [0.1, 0.15) is 23.2 Å². The van der Waals surface area contributed by atoms with Crippen molar-refractivity contribution in [2.45, 2.75) is 12.5 Å². The third kappa shape index (κ3) is 1.77. The van der Waals surface area contributed by atoms with E-state index in [-0.39, 0.29) is 12.5 Å². The summed E-state index contributed by atoms with van der Waals surface area (Å²) in [5.74, 6) is 6.80. The molecule has 1 unspecified atom stereocenters. The average Bonchev–Trinajstić information content (AvgIpc) is 2.95. The molecule has 1 atom stereocenters. The van der Waals surface area contributed by atoms with Crippen molar-refractivity contribution in [2.24, 2.45) is 5.90 Å². The normalized spacial score (nSPS) is 17.8. The van der Waals surface area contributed by atoms with E-state index in [9.17, 15) is 0 Å². The average molecular weight is 233 g/mol. The minimum Gasteiger partial charge on any atom is -0.492 e. The van der Waals surface area contributed by atoms with Gasteiger partial charge in [0, 0.05) is 5.56 Å². The minimum absolute atomic E-state index is 0.0153. The van der Waals surface area contributed by atoms with Crippen molar-refractivity contribution in [2.75, 3.05) is 6.61 Å². The van der Waals surface area contributed by atoms with Crippen LogP contribution in [-0.4, -0.2) is 16.7 Å². The van der Waals surface area contributed by atoms with E-state index in [1.54, 1.807) is 0 Å². The van der Waals surface area contributed by atoms with E-state index >= 15 is 0 Å². The molecule has 0 aliphatic carbocycles. The van der Waals surface area contributed by atoms with Crippen LogP contribution in [0.3, 0.4) is 0 Å². The second kappa shape index (κ2) is 4.15. The van der Waals surface area contributed by atoms with Crippen molar-refractivity contribution in [3.05, 3.63) is 41.5 Å². The summed E-state index contributed by atoms with van der Waals surface area (Å²) in [4.78, 5) is 8.66. The first-order valence-corrected chi connectivity index (χ1v) is 5.24. The SMILES string of the molecule is NOCc1nc(C2COc3ccccc32)no1. The molecule has 0 amide bonds. The van der Waals surface area contributed by atoms with Gasteiger partial charge in [-0.05, 0) is 6.07 Å². The molecule has 1 aromatic heterocycles. The van der Waals surface area contributed by atoms with E-state index in [0.29, 0.717) is 18.3 Å². The molecule has 2 N–H and O–H groups in total. The standard InChI is InChI=1S/C11H11N3O3/c12-16-6-10-13-11(14-17-10)8-5-15-9-4-2-1-3-7(8)9/h1-4,8H,5-6,12H2. The van der Waals surface area contributed by atoms with E-state index in [1.165, 1.54) is 0 Å². The highest BCUT2D eigenvalue weighted by Crippen LogP contribution is 2.36. The van der Waals surface area contributed by atoms with Crippen molar-refractivity contribution >= 4 is 0 Å². The number of nitrogens with zero attached hydrogens (tertiary/aromatic N) is 2. The number of rotatable bonds is 3. The van der Waals surface area contributed by atoms with Crippen LogP contribution in [-0.2, 0) is 11.4 Å². The van der Waals surface area contributed by atoms with Gasteiger partial charge in [0.1, 0.15) is 19.0 Å². The summed E-state index contributed by atoms with van der Waals surface area (Å²) in [6.45, 7) is 0.643. The van der Waals surface area contributed by atoms with Gasteiger partial charge in [-0.1, -0.05) is 23.4 Å². The Balaban J connectivity index is 1.90. The number of benzene rings is 1. The van der Waals surface area contributed by atoms with Crippen LogP contribution >= 0.6 is 0 Å². The highest BCUT2D eigenvalue weighted by Gasteiger charge is 2.29. The molecule has 1 aliphatic heterocycles. The maximum Gasteiger partial charge on any atom is 0.254 e. The Morgan fingerprint density at radius 3 is 3.18 bits per heavy atom. The number of para-hydroxylation sites is 1. The second-order valence-electron chi connectivity index (χ2n) is 3.76. The molecule has 1 aromatic carbocycles. The Labute approximate surface area is 97.3 Å². The number of hydrogen-bond acceptors (Lipinski definition) is 6. The summed E-state index contributed by atoms with van der Waals surface area (Å²) in [5.41, 5.74) is 1.08. The molecule has 6 nitrogen and oxygen atoms in total. The molecule has 17 heavy (non-hydrogen) atoms. The first-order valence-electron chi connectivity index (χ1n) is 5.24. The van der Waals surface area contributed by atoms with Crippen molar-refractivity contribution in [1.82, 2.24) is 10.1 Å². The smallest absolute Gasteiger partial charge is 0.254 e. The van der Waals surface area contributed by atoms with E-state index < -0.39 is 0 Å². The first kappa shape index (κ1) is 10.2. The molecule has 0 spiro atoms. The van der Waals surface area contributed by atoms with Gasteiger partial charge < -0.3 is 9.26 Å². The molecule has 0 radical (unpaired) electrons. The van der Waals surface area contributed by atoms with Crippen LogP contribution < -0.4 is 10.6 Å². The zero-order chi connectivity index (χ0) is 11.7. The molecule has 2 heterocycles. The quantitative estimate of drug-likeness (QED) is 0.796. The maximum absolute atomic E-state index is 5.56. The van der Waals surface area contributed by atoms with Crippen molar-refractivity contribution in [3.8, 4) is 5.75 Å². The molecule has 0 bridgehead atoms. The summed E-state index contributed by atoms with van der Waals surface area (Å²) < 4.78 is 10.6. The minimum atomic E-state index is 0.0153. The molecular weight excluding hydrogens is 222 g/mol. The lowest BCUT2D eigenvalue weighted by molar-refractivity contribution is 0.0995. The number of nitrogens with two attached hydrogens (primary N) is 1. The predicted octanol–water partition coefficient (Wildman–Crippen LogP) is 0.984. The van der Waals surface area contributed by atoms with Gasteiger partial charge in [0.25, 0.3) is 5.89 Å². The van der Waals surface area contributed by atoms with Crippen LogP contribution in [0.2, 0.25) is 0 Å². The van der Waals surface area contributed by atoms with Gasteiger partial charge in [-0.3, -0.25) is 4.84 Å². The Morgan fingerprint density at radius 1 is 1.41 bits per heavy atom. The first-order chi connectivity index (χ1) is 8.38. The summed E-state index contributed by atoms with van der Waals surface area (Å²) in [6, 6.07) is 7.83. The Bertz CT molecular complexity index is 526. The summed E-state index contributed by atoms with van der Waals surface area (Å²) in [6.07, 6.45) is 0. The molecule has 2 aromatic rings. The topological polar surface area (TPSA) is 83.4 Å². The van der Waals surface area contributed by atoms with Crippen LogP contribution in [0.5, 0.6) is 5.75 Å². The number of hydrogen-bond donors (Lipinski definition) is 1. The van der Waals surface area contributed by atoms with Gasteiger partial charge in [0.2, 0.25) is 0 Å². The fourth-order valence-corrected chi connectivity index (χ4v) is 1.92. The number of ether oxygens (including phenoxy) is 1. The third-order valence-electron chi connectivity index (χ3n) is 2.70. The lowest BCUT2D eigenvalue weighted by Gasteiger charge is -2.01. The Kier molecular flexibility index (Phi) is 2.50. The number of fused-ring (bicyclic) bond motifs is 1. The van der Waals surface area contributed by atoms with Crippen LogP contribution in [0.15, 0.2) is 28.8 Å². The van der Waals surface area contributed by atoms with Crippen LogP contribution in [0, 0.1) is 0 Å². The summed E-state index contributed by atoms with van der Waals surface area (Å²) in [5, 5.41) is 3.91. The molecule has 0 saturated carbocycles. The summed E-state index contributed by atoms with van der Waals surface area (Å²) >= 11 is 0. The predicted molar refractivity (Wildman–Crippen MR) is 57.1 cm³/mol. The van der Waals surface area contributed by atoms with E-state index in [4.69, 9.17) is 15.2 Å². The van der Waals surface area contributed by atoms with Crippen LogP contribution in [0.25, 0.3) is 0 Å². The van der Waals surface area contributed by atoms with E-state index in [2.05, 4.69) is 15.0 Å². The Morgan fingerprint density at radius 2 is 2.29 bits per heavy atom. The fraction of sp³-hybridized carbons (Fsp3) is 0.273. The zero-order valence-corrected chi connectivity index (χ0v) is 9.00. The molecule has 0 fully saturated rings. The molecule has 3 rings (SSSR count). The van der Waals surface area contributed by atoms with Gasteiger partial charge in [-0.2, -0.15) is 4.98 Å².